The molecule has 2 aliphatic rings. The summed E-state index contributed by atoms with van der Waals surface area (Å²) in [7, 11) is -2.03. The third-order valence-electron chi connectivity index (χ3n) is 6.46. The van der Waals surface area contributed by atoms with Crippen molar-refractivity contribution in [3.05, 3.63) is 83.9 Å². The van der Waals surface area contributed by atoms with Gasteiger partial charge in [-0.25, -0.2) is 8.42 Å². The average molecular weight is 508 g/mol. The molecule has 36 heavy (non-hydrogen) atoms. The Morgan fingerprint density at radius 2 is 1.69 bits per heavy atom. The largest absolute Gasteiger partial charge is 0.490 e. The number of amides is 1. The van der Waals surface area contributed by atoms with E-state index in [0.717, 1.165) is 17.8 Å². The second kappa shape index (κ2) is 10.2. The van der Waals surface area contributed by atoms with Gasteiger partial charge >= 0.3 is 0 Å². The Morgan fingerprint density at radius 3 is 2.47 bits per heavy atom. The molecular formula is C27H29N3O5S. The topological polar surface area (TPSA) is 79.4 Å². The number of hydrogen-bond donors (Lipinski definition) is 0. The average Bonchev–Trinajstić information content (AvgIpc) is 2.92. The van der Waals surface area contributed by atoms with E-state index in [-0.39, 0.29) is 17.3 Å². The summed E-state index contributed by atoms with van der Waals surface area (Å²) in [5.41, 5.74) is 2.56. The monoisotopic (exact) mass is 507 g/mol. The highest BCUT2D eigenvalue weighted by Crippen LogP contribution is 2.35. The maximum atomic E-state index is 14.0. The number of hydrogen-bond acceptors (Lipinski definition) is 6. The fraction of sp³-hybridized carbons (Fsp3) is 0.296. The molecule has 188 valence electrons. The lowest BCUT2D eigenvalue weighted by Gasteiger charge is -2.30. The number of sulfonamides is 1. The van der Waals surface area contributed by atoms with Crippen molar-refractivity contribution in [1.29, 1.82) is 0 Å². The first kappa shape index (κ1) is 24.1. The third kappa shape index (κ3) is 4.89. The van der Waals surface area contributed by atoms with Crippen LogP contribution in [0.15, 0.2) is 77.7 Å². The highest BCUT2D eigenvalue weighted by atomic mass is 32.2. The van der Waals surface area contributed by atoms with Crippen molar-refractivity contribution in [2.24, 2.45) is 0 Å². The molecule has 3 aromatic rings. The van der Waals surface area contributed by atoms with Crippen LogP contribution >= 0.6 is 0 Å². The van der Waals surface area contributed by atoms with Gasteiger partial charge in [-0.05, 0) is 35.9 Å². The smallest absolute Gasteiger partial charge is 0.264 e. The van der Waals surface area contributed by atoms with E-state index in [1.54, 1.807) is 47.4 Å². The van der Waals surface area contributed by atoms with Gasteiger partial charge in [-0.1, -0.05) is 36.4 Å². The number of likely N-dealkylation sites (N-methyl/N-ethyl adjacent to an activating group) is 1. The van der Waals surface area contributed by atoms with Crippen molar-refractivity contribution >= 4 is 27.3 Å². The lowest BCUT2D eigenvalue weighted by Crippen LogP contribution is -2.40. The first-order chi connectivity index (χ1) is 17.4. The Kier molecular flexibility index (Phi) is 6.84. The molecule has 0 unspecified atom stereocenters. The van der Waals surface area contributed by atoms with Gasteiger partial charge in [0.05, 0.1) is 42.6 Å². The van der Waals surface area contributed by atoms with Crippen molar-refractivity contribution in [1.82, 2.24) is 4.90 Å². The molecule has 0 aromatic heterocycles. The van der Waals surface area contributed by atoms with Crippen LogP contribution in [-0.4, -0.2) is 65.7 Å². The van der Waals surface area contributed by atoms with Gasteiger partial charge in [0.15, 0.2) is 0 Å². The Morgan fingerprint density at radius 1 is 0.917 bits per heavy atom. The molecule has 0 saturated carbocycles. The molecule has 0 aliphatic carbocycles. The summed E-state index contributed by atoms with van der Waals surface area (Å²) >= 11 is 0. The quantitative estimate of drug-likeness (QED) is 0.509. The van der Waals surface area contributed by atoms with Gasteiger partial charge in [0, 0.05) is 31.8 Å². The number of rotatable bonds is 6. The summed E-state index contributed by atoms with van der Waals surface area (Å²) in [5, 5.41) is 0. The summed E-state index contributed by atoms with van der Waals surface area (Å²) in [5.74, 6) is 0.406. The predicted octanol–water partition coefficient (Wildman–Crippen LogP) is 3.38. The summed E-state index contributed by atoms with van der Waals surface area (Å²) < 4.78 is 40.5. The highest BCUT2D eigenvalue weighted by molar-refractivity contribution is 7.92. The molecule has 2 aliphatic heterocycles. The van der Waals surface area contributed by atoms with Crippen LogP contribution in [0.25, 0.3) is 0 Å². The molecular weight excluding hydrogens is 478 g/mol. The Labute approximate surface area is 211 Å². The molecule has 0 N–H and O–H groups in total. The molecule has 8 nitrogen and oxygen atoms in total. The van der Waals surface area contributed by atoms with E-state index in [1.165, 1.54) is 4.31 Å². The zero-order chi connectivity index (χ0) is 25.1. The van der Waals surface area contributed by atoms with Crippen LogP contribution in [0.4, 0.5) is 11.4 Å². The summed E-state index contributed by atoms with van der Waals surface area (Å²) in [4.78, 5) is 17.0. The number of carbonyl (C=O) groups excluding carboxylic acids is 1. The minimum absolute atomic E-state index is 0.121. The van der Waals surface area contributed by atoms with Crippen molar-refractivity contribution in [3.63, 3.8) is 0 Å². The van der Waals surface area contributed by atoms with Crippen LogP contribution in [0.5, 0.6) is 5.75 Å². The van der Waals surface area contributed by atoms with Crippen LogP contribution in [0.2, 0.25) is 0 Å². The van der Waals surface area contributed by atoms with Crippen LogP contribution in [0, 0.1) is 0 Å². The number of ether oxygens (including phenoxy) is 2. The van der Waals surface area contributed by atoms with E-state index < -0.39 is 10.0 Å². The molecule has 5 rings (SSSR count). The van der Waals surface area contributed by atoms with Gasteiger partial charge in [-0.3, -0.25) is 9.10 Å². The summed E-state index contributed by atoms with van der Waals surface area (Å²) in [6.45, 7) is 3.37. The molecule has 1 amide bonds. The minimum atomic E-state index is -3.98. The zero-order valence-corrected chi connectivity index (χ0v) is 21.0. The number of anilines is 2. The van der Waals surface area contributed by atoms with Gasteiger partial charge in [0.1, 0.15) is 12.4 Å². The van der Waals surface area contributed by atoms with Gasteiger partial charge in [0.2, 0.25) is 0 Å². The van der Waals surface area contributed by atoms with Crippen molar-refractivity contribution in [3.8, 4) is 5.75 Å². The first-order valence-corrected chi connectivity index (χ1v) is 13.4. The van der Waals surface area contributed by atoms with E-state index in [0.29, 0.717) is 49.9 Å². The zero-order valence-electron chi connectivity index (χ0n) is 20.2. The van der Waals surface area contributed by atoms with Crippen LogP contribution in [-0.2, 0) is 21.3 Å². The Hall–Kier alpha value is -3.56. The van der Waals surface area contributed by atoms with E-state index in [4.69, 9.17) is 9.47 Å². The molecule has 1 saturated heterocycles. The molecule has 3 aromatic carbocycles. The van der Waals surface area contributed by atoms with E-state index in [9.17, 15) is 13.2 Å². The van der Waals surface area contributed by atoms with E-state index in [1.807, 2.05) is 42.3 Å². The molecule has 0 atom stereocenters. The van der Waals surface area contributed by atoms with Crippen molar-refractivity contribution in [2.75, 3.05) is 55.7 Å². The van der Waals surface area contributed by atoms with Crippen LogP contribution in [0.1, 0.15) is 15.9 Å². The van der Waals surface area contributed by atoms with Gasteiger partial charge in [-0.2, -0.15) is 0 Å². The Bertz CT molecular complexity index is 1340. The maximum Gasteiger partial charge on any atom is 0.264 e. The third-order valence-corrected chi connectivity index (χ3v) is 8.23. The number of carbonyl (C=O) groups is 1. The molecule has 0 bridgehead atoms. The summed E-state index contributed by atoms with van der Waals surface area (Å²) in [6.07, 6.45) is 0. The molecule has 0 radical (unpaired) electrons. The lowest BCUT2D eigenvalue weighted by molar-refractivity contribution is 0.0303. The maximum absolute atomic E-state index is 14.0. The normalized spacial score (nSPS) is 15.7. The SMILES string of the molecule is CN1CCOc2cc(S(=O)(=O)N(Cc3ccccc3)c3cccc(C(=O)N4CCOCC4)c3)ccc21. The first-order valence-electron chi connectivity index (χ1n) is 12.0. The second-order valence-electron chi connectivity index (χ2n) is 8.85. The minimum Gasteiger partial charge on any atom is -0.490 e. The second-order valence-corrected chi connectivity index (χ2v) is 10.7. The predicted molar refractivity (Wildman–Crippen MR) is 138 cm³/mol. The van der Waals surface area contributed by atoms with Crippen LogP contribution < -0.4 is 13.9 Å². The molecule has 2 heterocycles. The molecule has 1 fully saturated rings. The fourth-order valence-corrected chi connectivity index (χ4v) is 5.89. The number of morpholine rings is 1. The number of benzene rings is 3. The summed E-state index contributed by atoms with van der Waals surface area (Å²) in [6, 6.07) is 21.2. The lowest BCUT2D eigenvalue weighted by atomic mass is 10.1. The van der Waals surface area contributed by atoms with E-state index >= 15 is 0 Å². The fourth-order valence-electron chi connectivity index (χ4n) is 4.43. The number of nitrogens with zero attached hydrogens (tertiary/aromatic N) is 3. The van der Waals surface area contributed by atoms with Gasteiger partial charge in [0.25, 0.3) is 15.9 Å². The van der Waals surface area contributed by atoms with Gasteiger partial charge < -0.3 is 19.3 Å². The highest BCUT2D eigenvalue weighted by Gasteiger charge is 2.29. The van der Waals surface area contributed by atoms with E-state index in [2.05, 4.69) is 0 Å². The van der Waals surface area contributed by atoms with Gasteiger partial charge in [-0.15, -0.1) is 0 Å². The van der Waals surface area contributed by atoms with Crippen LogP contribution in [0.3, 0.4) is 0 Å². The standard InChI is InChI=1S/C27H29N3O5S/c1-28-12-17-35-26-19-24(10-11-25(26)28)36(32,33)30(20-21-6-3-2-4-7-21)23-9-5-8-22(18-23)27(31)29-13-15-34-16-14-29/h2-11,18-19H,12-17,20H2,1H3. The Balaban J connectivity index is 1.54. The van der Waals surface area contributed by atoms with Crippen molar-refractivity contribution in [2.45, 2.75) is 11.4 Å². The molecule has 0 spiro atoms. The van der Waals surface area contributed by atoms with Crippen molar-refractivity contribution < 1.29 is 22.7 Å². The molecule has 9 heteroatoms. The number of fused-ring (bicyclic) bond motifs is 1.